The predicted molar refractivity (Wildman–Crippen MR) is 43.7 cm³/mol. The van der Waals surface area contributed by atoms with E-state index in [1.165, 1.54) is 0 Å². The summed E-state index contributed by atoms with van der Waals surface area (Å²) in [6.45, 7) is 7.97. The van der Waals surface area contributed by atoms with Crippen LogP contribution in [-0.2, 0) is 0 Å². The van der Waals surface area contributed by atoms with Crippen LogP contribution in [0.15, 0.2) is 0 Å². The normalized spacial score (nSPS) is 18.6. The Morgan fingerprint density at radius 3 is 1.90 bits per heavy atom. The number of rotatable bonds is 2. The lowest BCUT2D eigenvalue weighted by molar-refractivity contribution is 0.0395. The summed E-state index contributed by atoms with van der Waals surface area (Å²) in [6.07, 6.45) is 0.441. The van der Waals surface area contributed by atoms with Gasteiger partial charge in [0, 0.05) is 6.04 Å². The van der Waals surface area contributed by atoms with Crippen molar-refractivity contribution in [1.82, 2.24) is 0 Å². The molecule has 0 heterocycles. The van der Waals surface area contributed by atoms with Gasteiger partial charge in [-0.2, -0.15) is 0 Å². The first-order chi connectivity index (χ1) is 4.39. The van der Waals surface area contributed by atoms with Gasteiger partial charge in [-0.25, -0.2) is 0 Å². The van der Waals surface area contributed by atoms with Gasteiger partial charge >= 0.3 is 0 Å². The van der Waals surface area contributed by atoms with E-state index in [1.807, 2.05) is 27.7 Å². The second kappa shape index (κ2) is 3.35. The van der Waals surface area contributed by atoms with Crippen molar-refractivity contribution in [2.24, 2.45) is 11.1 Å². The largest absolute Gasteiger partial charge is 0.391 e. The molecule has 2 heteroatoms. The van der Waals surface area contributed by atoms with Gasteiger partial charge < -0.3 is 10.8 Å². The van der Waals surface area contributed by atoms with Gasteiger partial charge in [0.15, 0.2) is 0 Å². The molecule has 0 aliphatic rings. The van der Waals surface area contributed by atoms with Crippen molar-refractivity contribution < 1.29 is 5.11 Å². The fourth-order valence-electron chi connectivity index (χ4n) is 0.865. The molecule has 0 bridgehead atoms. The molecule has 2 atom stereocenters. The molecule has 0 aliphatic carbocycles. The van der Waals surface area contributed by atoms with Crippen LogP contribution in [0.5, 0.6) is 0 Å². The maximum absolute atomic E-state index is 9.53. The fraction of sp³-hybridized carbons (Fsp3) is 1.00. The Labute approximate surface area is 63.4 Å². The number of aliphatic hydroxyl groups is 1. The molecular weight excluding hydrogens is 126 g/mol. The Hall–Kier alpha value is -0.0800. The maximum atomic E-state index is 9.53. The van der Waals surface area contributed by atoms with E-state index in [0.717, 1.165) is 6.42 Å². The van der Waals surface area contributed by atoms with Crippen molar-refractivity contribution in [1.29, 1.82) is 0 Å². The van der Waals surface area contributed by atoms with Gasteiger partial charge in [-0.3, -0.25) is 0 Å². The standard InChI is InChI=1S/C8H19NO/c1-5-6(9)7(10)8(2,3)4/h6-7,10H,5,9H2,1-4H3/t6-,7?/m1/s1. The van der Waals surface area contributed by atoms with Gasteiger partial charge in [-0.1, -0.05) is 27.7 Å². The summed E-state index contributed by atoms with van der Waals surface area (Å²) in [5.41, 5.74) is 5.56. The Balaban J connectivity index is 3.94. The second-order valence-electron chi connectivity index (χ2n) is 3.88. The van der Waals surface area contributed by atoms with E-state index in [9.17, 15) is 5.11 Å². The highest BCUT2D eigenvalue weighted by Gasteiger charge is 2.26. The molecule has 10 heavy (non-hydrogen) atoms. The summed E-state index contributed by atoms with van der Waals surface area (Å²) in [4.78, 5) is 0. The van der Waals surface area contributed by atoms with Crippen LogP contribution in [0.1, 0.15) is 34.1 Å². The van der Waals surface area contributed by atoms with Crippen molar-refractivity contribution in [2.45, 2.75) is 46.3 Å². The minimum Gasteiger partial charge on any atom is -0.391 e. The molecule has 0 spiro atoms. The minimum absolute atomic E-state index is 0.0833. The molecule has 0 radical (unpaired) electrons. The summed E-state index contributed by atoms with van der Waals surface area (Å²) < 4.78 is 0. The number of hydrogen-bond acceptors (Lipinski definition) is 2. The van der Waals surface area contributed by atoms with E-state index in [4.69, 9.17) is 5.73 Å². The highest BCUT2D eigenvalue weighted by Crippen LogP contribution is 2.21. The first-order valence-corrected chi connectivity index (χ1v) is 3.83. The van der Waals surface area contributed by atoms with Crippen LogP contribution in [0, 0.1) is 5.41 Å². The third-order valence-electron chi connectivity index (χ3n) is 1.76. The van der Waals surface area contributed by atoms with Gasteiger partial charge in [0.25, 0.3) is 0 Å². The zero-order valence-electron chi connectivity index (χ0n) is 7.39. The molecule has 62 valence electrons. The van der Waals surface area contributed by atoms with E-state index in [1.54, 1.807) is 0 Å². The average Bonchev–Trinajstić information content (AvgIpc) is 1.83. The molecule has 0 rings (SSSR count). The summed E-state index contributed by atoms with van der Waals surface area (Å²) in [6, 6.07) is -0.0833. The summed E-state index contributed by atoms with van der Waals surface area (Å²) in [7, 11) is 0. The van der Waals surface area contributed by atoms with Gasteiger partial charge in [0.05, 0.1) is 6.10 Å². The molecule has 0 amide bonds. The minimum atomic E-state index is -0.391. The third kappa shape index (κ3) is 2.67. The van der Waals surface area contributed by atoms with Crippen molar-refractivity contribution in [2.75, 3.05) is 0 Å². The quantitative estimate of drug-likeness (QED) is 0.612. The lowest BCUT2D eigenvalue weighted by atomic mass is 9.84. The summed E-state index contributed by atoms with van der Waals surface area (Å²) >= 11 is 0. The molecule has 0 aromatic rings. The molecule has 0 saturated carbocycles. The van der Waals surface area contributed by atoms with Crippen LogP contribution in [-0.4, -0.2) is 17.3 Å². The summed E-state index contributed by atoms with van der Waals surface area (Å²) in [5.74, 6) is 0. The lowest BCUT2D eigenvalue weighted by Gasteiger charge is -2.30. The Morgan fingerprint density at radius 2 is 1.80 bits per heavy atom. The van der Waals surface area contributed by atoms with Crippen molar-refractivity contribution in [3.05, 3.63) is 0 Å². The molecule has 0 saturated heterocycles. The zero-order valence-corrected chi connectivity index (χ0v) is 7.39. The third-order valence-corrected chi connectivity index (χ3v) is 1.76. The average molecular weight is 145 g/mol. The lowest BCUT2D eigenvalue weighted by Crippen LogP contribution is -2.42. The van der Waals surface area contributed by atoms with Crippen molar-refractivity contribution in [3.63, 3.8) is 0 Å². The molecule has 3 N–H and O–H groups in total. The van der Waals surface area contributed by atoms with Crippen LogP contribution in [0.2, 0.25) is 0 Å². The number of aliphatic hydroxyl groups excluding tert-OH is 1. The SMILES string of the molecule is CC[C@@H](N)C(O)C(C)(C)C. The topological polar surface area (TPSA) is 46.2 Å². The van der Waals surface area contributed by atoms with Gasteiger partial charge in [0.2, 0.25) is 0 Å². The molecule has 0 aromatic carbocycles. The molecular formula is C8H19NO. The molecule has 0 fully saturated rings. The van der Waals surface area contributed by atoms with Gasteiger partial charge in [0.1, 0.15) is 0 Å². The van der Waals surface area contributed by atoms with Crippen LogP contribution < -0.4 is 5.73 Å². The highest BCUT2D eigenvalue weighted by molar-refractivity contribution is 4.81. The van der Waals surface area contributed by atoms with E-state index in [2.05, 4.69) is 0 Å². The fourth-order valence-corrected chi connectivity index (χ4v) is 0.865. The second-order valence-corrected chi connectivity index (χ2v) is 3.88. The summed E-state index contributed by atoms with van der Waals surface area (Å²) in [5, 5.41) is 9.53. The Kier molecular flexibility index (Phi) is 3.33. The number of nitrogens with two attached hydrogens (primary N) is 1. The molecule has 1 unspecified atom stereocenters. The smallest absolute Gasteiger partial charge is 0.0739 e. The van der Waals surface area contributed by atoms with Crippen LogP contribution in [0.4, 0.5) is 0 Å². The molecule has 0 aliphatic heterocycles. The van der Waals surface area contributed by atoms with Gasteiger partial charge in [-0.15, -0.1) is 0 Å². The van der Waals surface area contributed by atoms with E-state index >= 15 is 0 Å². The number of hydrogen-bond donors (Lipinski definition) is 2. The van der Waals surface area contributed by atoms with Crippen LogP contribution in [0.25, 0.3) is 0 Å². The first kappa shape index (κ1) is 9.92. The van der Waals surface area contributed by atoms with Crippen molar-refractivity contribution in [3.8, 4) is 0 Å². The Morgan fingerprint density at radius 1 is 1.40 bits per heavy atom. The highest BCUT2D eigenvalue weighted by atomic mass is 16.3. The predicted octanol–water partition coefficient (Wildman–Crippen LogP) is 1.13. The zero-order chi connectivity index (χ0) is 8.36. The maximum Gasteiger partial charge on any atom is 0.0739 e. The van der Waals surface area contributed by atoms with Crippen LogP contribution >= 0.6 is 0 Å². The van der Waals surface area contributed by atoms with E-state index in [0.29, 0.717) is 0 Å². The first-order valence-electron chi connectivity index (χ1n) is 3.83. The van der Waals surface area contributed by atoms with E-state index in [-0.39, 0.29) is 11.5 Å². The molecule has 2 nitrogen and oxygen atoms in total. The Bertz CT molecular complexity index is 95.9. The van der Waals surface area contributed by atoms with E-state index < -0.39 is 6.10 Å². The monoisotopic (exact) mass is 145 g/mol. The van der Waals surface area contributed by atoms with Crippen LogP contribution in [0.3, 0.4) is 0 Å². The molecule has 0 aromatic heterocycles. The van der Waals surface area contributed by atoms with Crippen molar-refractivity contribution >= 4 is 0 Å². The van der Waals surface area contributed by atoms with Gasteiger partial charge in [-0.05, 0) is 11.8 Å².